The number of likely N-dealkylation sites (tertiary alicyclic amines) is 1. The van der Waals surface area contributed by atoms with Gasteiger partial charge in [-0.15, -0.1) is 0 Å². The quantitative estimate of drug-likeness (QED) is 0.490. The van der Waals surface area contributed by atoms with Crippen LogP contribution in [0.25, 0.3) is 10.9 Å². The Balaban J connectivity index is 1.14. The molecule has 3 aromatic rings. The number of carbonyl (C=O) groups is 1. The van der Waals surface area contributed by atoms with E-state index in [1.54, 1.807) is 13.3 Å². The Bertz CT molecular complexity index is 1180. The van der Waals surface area contributed by atoms with Gasteiger partial charge in [-0.1, -0.05) is 0 Å². The highest BCUT2D eigenvalue weighted by atomic mass is 16.5. The number of amides is 1. The first kappa shape index (κ1) is 22.5. The van der Waals surface area contributed by atoms with Crippen LogP contribution in [0.5, 0.6) is 11.5 Å². The monoisotopic (exact) mass is 463 g/mol. The van der Waals surface area contributed by atoms with Gasteiger partial charge in [-0.25, -0.2) is 4.98 Å². The van der Waals surface area contributed by atoms with E-state index in [2.05, 4.69) is 25.5 Å². The van der Waals surface area contributed by atoms with Crippen molar-refractivity contribution in [1.82, 2.24) is 20.2 Å². The van der Waals surface area contributed by atoms with E-state index in [-0.39, 0.29) is 12.5 Å². The molecule has 2 aromatic heterocycles. The highest BCUT2D eigenvalue weighted by Crippen LogP contribution is 2.28. The number of ether oxygens (including phenoxy) is 2. The SMILES string of the molecule is COc1ccc2nccc([C@H](O)CN3CCC(NCc4ccc5c(n4)NC(=O)CO5)CC3)c2c1. The van der Waals surface area contributed by atoms with E-state index in [1.807, 2.05) is 36.4 Å². The number of aliphatic hydroxyl groups excluding tert-OH is 1. The van der Waals surface area contributed by atoms with Gasteiger partial charge in [0.05, 0.1) is 24.4 Å². The molecule has 0 spiro atoms. The summed E-state index contributed by atoms with van der Waals surface area (Å²) in [5, 5.41) is 18.2. The van der Waals surface area contributed by atoms with Gasteiger partial charge in [-0.05, 0) is 67.9 Å². The van der Waals surface area contributed by atoms with Gasteiger partial charge in [0, 0.05) is 30.7 Å². The van der Waals surface area contributed by atoms with Crippen molar-refractivity contribution in [2.75, 3.05) is 38.7 Å². The van der Waals surface area contributed by atoms with E-state index >= 15 is 0 Å². The summed E-state index contributed by atoms with van der Waals surface area (Å²) in [4.78, 5) is 22.7. The molecule has 1 amide bonds. The van der Waals surface area contributed by atoms with Crippen molar-refractivity contribution in [3.8, 4) is 11.5 Å². The van der Waals surface area contributed by atoms with Gasteiger partial charge in [0.15, 0.2) is 18.2 Å². The largest absolute Gasteiger partial charge is 0.497 e. The summed E-state index contributed by atoms with van der Waals surface area (Å²) >= 11 is 0. The fraction of sp³-hybridized carbons (Fsp3) is 0.400. The van der Waals surface area contributed by atoms with Gasteiger partial charge in [0.2, 0.25) is 0 Å². The zero-order valence-corrected chi connectivity index (χ0v) is 19.2. The molecule has 2 aliphatic heterocycles. The maximum absolute atomic E-state index is 11.5. The van der Waals surface area contributed by atoms with E-state index in [0.717, 1.165) is 53.8 Å². The lowest BCUT2D eigenvalue weighted by Gasteiger charge is -2.33. The van der Waals surface area contributed by atoms with Crippen LogP contribution in [-0.2, 0) is 11.3 Å². The topological polar surface area (TPSA) is 109 Å². The maximum atomic E-state index is 11.5. The van der Waals surface area contributed by atoms with Crippen LogP contribution in [-0.4, -0.2) is 65.3 Å². The molecule has 1 aromatic carbocycles. The molecule has 0 unspecified atom stereocenters. The Hall–Kier alpha value is -3.27. The van der Waals surface area contributed by atoms with Gasteiger partial charge in [-0.2, -0.15) is 0 Å². The van der Waals surface area contributed by atoms with Crippen molar-refractivity contribution in [1.29, 1.82) is 0 Å². The molecule has 0 radical (unpaired) electrons. The van der Waals surface area contributed by atoms with E-state index in [9.17, 15) is 9.90 Å². The minimum Gasteiger partial charge on any atom is -0.497 e. The lowest BCUT2D eigenvalue weighted by Crippen LogP contribution is -2.43. The number of β-amino-alcohol motifs (C(OH)–C–C–N with tert-alkyl or cyclic N) is 1. The van der Waals surface area contributed by atoms with Gasteiger partial charge in [0.1, 0.15) is 5.75 Å². The number of aliphatic hydroxyl groups is 1. The Labute approximate surface area is 198 Å². The Kier molecular flexibility index (Phi) is 6.57. The first-order chi connectivity index (χ1) is 16.6. The Morgan fingerprint density at radius 2 is 2.12 bits per heavy atom. The average Bonchev–Trinajstić information content (AvgIpc) is 2.87. The molecular formula is C25H29N5O4. The van der Waals surface area contributed by atoms with E-state index in [4.69, 9.17) is 9.47 Å². The molecule has 0 aliphatic carbocycles. The van der Waals surface area contributed by atoms with Crippen LogP contribution in [0, 0.1) is 0 Å². The molecule has 9 nitrogen and oxygen atoms in total. The number of nitrogens with zero attached hydrogens (tertiary/aromatic N) is 3. The molecule has 4 heterocycles. The highest BCUT2D eigenvalue weighted by Gasteiger charge is 2.23. The zero-order valence-electron chi connectivity index (χ0n) is 19.2. The number of piperidine rings is 1. The fourth-order valence-electron chi connectivity index (χ4n) is 4.58. The third-order valence-electron chi connectivity index (χ3n) is 6.46. The standard InChI is InChI=1S/C25H29N5O4/c1-33-18-3-4-21-20(12-18)19(6-9-26-21)22(31)14-30-10-7-16(8-11-30)27-13-17-2-5-23-25(28-17)29-24(32)15-34-23/h2-6,9,12,16,22,27,31H,7-8,10-11,13-15H2,1H3,(H,28,29,32)/t22-/m1/s1. The highest BCUT2D eigenvalue weighted by molar-refractivity contribution is 5.94. The summed E-state index contributed by atoms with van der Waals surface area (Å²) in [6, 6.07) is 11.8. The van der Waals surface area contributed by atoms with Crippen LogP contribution in [0.15, 0.2) is 42.6 Å². The van der Waals surface area contributed by atoms with Gasteiger partial charge in [0.25, 0.3) is 5.91 Å². The van der Waals surface area contributed by atoms with Gasteiger partial charge < -0.3 is 30.1 Å². The van der Waals surface area contributed by atoms with Gasteiger partial charge in [-0.3, -0.25) is 9.78 Å². The normalized spacial score (nSPS) is 17.6. The summed E-state index contributed by atoms with van der Waals surface area (Å²) < 4.78 is 10.7. The minimum absolute atomic E-state index is 0.0329. The van der Waals surface area contributed by atoms with Crippen LogP contribution < -0.4 is 20.1 Å². The Morgan fingerprint density at radius 3 is 2.94 bits per heavy atom. The molecule has 9 heteroatoms. The second kappa shape index (κ2) is 9.92. The first-order valence-electron chi connectivity index (χ1n) is 11.6. The maximum Gasteiger partial charge on any atom is 0.263 e. The van der Waals surface area contributed by atoms with E-state index < -0.39 is 6.10 Å². The number of benzene rings is 1. The summed E-state index contributed by atoms with van der Waals surface area (Å²) in [6.45, 7) is 3.05. The summed E-state index contributed by atoms with van der Waals surface area (Å²) in [5.41, 5.74) is 2.59. The van der Waals surface area contributed by atoms with Crippen molar-refractivity contribution in [2.45, 2.75) is 31.5 Å². The van der Waals surface area contributed by atoms with Crippen LogP contribution in [0.1, 0.15) is 30.2 Å². The van der Waals surface area contributed by atoms with Crippen LogP contribution in [0.4, 0.5) is 5.82 Å². The zero-order chi connectivity index (χ0) is 23.5. The average molecular weight is 464 g/mol. The number of nitrogens with one attached hydrogen (secondary N) is 2. The molecule has 34 heavy (non-hydrogen) atoms. The van der Waals surface area contributed by atoms with Gasteiger partial charge >= 0.3 is 0 Å². The Morgan fingerprint density at radius 1 is 1.26 bits per heavy atom. The molecular weight excluding hydrogens is 434 g/mol. The van der Waals surface area contributed by atoms with Crippen LogP contribution >= 0.6 is 0 Å². The number of rotatable bonds is 7. The third-order valence-corrected chi connectivity index (χ3v) is 6.46. The molecule has 1 saturated heterocycles. The predicted octanol–water partition coefficient (Wildman–Crippen LogP) is 2.26. The van der Waals surface area contributed by atoms with Crippen LogP contribution in [0.2, 0.25) is 0 Å². The van der Waals surface area contributed by atoms with E-state index in [1.165, 1.54) is 0 Å². The number of fused-ring (bicyclic) bond motifs is 2. The summed E-state index contributed by atoms with van der Waals surface area (Å²) in [5.74, 6) is 1.67. The number of carbonyl (C=O) groups excluding carboxylic acids is 1. The lowest BCUT2D eigenvalue weighted by atomic mass is 10.0. The van der Waals surface area contributed by atoms with E-state index in [0.29, 0.717) is 30.7 Å². The second-order valence-corrected chi connectivity index (χ2v) is 8.74. The number of hydrogen-bond donors (Lipinski definition) is 3. The van der Waals surface area contributed by atoms with Crippen molar-refractivity contribution in [2.24, 2.45) is 0 Å². The van der Waals surface area contributed by atoms with Crippen molar-refractivity contribution in [3.63, 3.8) is 0 Å². The second-order valence-electron chi connectivity index (χ2n) is 8.74. The van der Waals surface area contributed by atoms with Crippen molar-refractivity contribution < 1.29 is 19.4 Å². The number of aromatic nitrogens is 2. The molecule has 3 N–H and O–H groups in total. The fourth-order valence-corrected chi connectivity index (χ4v) is 4.58. The lowest BCUT2D eigenvalue weighted by molar-refractivity contribution is -0.118. The molecule has 1 atom stereocenters. The number of methoxy groups -OCH3 is 1. The molecule has 0 bridgehead atoms. The number of pyridine rings is 2. The number of hydrogen-bond acceptors (Lipinski definition) is 8. The summed E-state index contributed by atoms with van der Waals surface area (Å²) in [6.07, 6.45) is 3.12. The first-order valence-corrected chi connectivity index (χ1v) is 11.6. The summed E-state index contributed by atoms with van der Waals surface area (Å²) in [7, 11) is 1.64. The predicted molar refractivity (Wildman–Crippen MR) is 128 cm³/mol. The molecule has 1 fully saturated rings. The van der Waals surface area contributed by atoms with Crippen molar-refractivity contribution >= 4 is 22.6 Å². The number of anilines is 1. The van der Waals surface area contributed by atoms with Crippen LogP contribution in [0.3, 0.4) is 0 Å². The molecule has 178 valence electrons. The third kappa shape index (κ3) is 4.96. The minimum atomic E-state index is -0.598. The molecule has 2 aliphatic rings. The van der Waals surface area contributed by atoms with Crippen molar-refractivity contribution in [3.05, 3.63) is 53.9 Å². The molecule has 5 rings (SSSR count). The molecule has 0 saturated carbocycles. The smallest absolute Gasteiger partial charge is 0.263 e.